The van der Waals surface area contributed by atoms with Gasteiger partial charge in [-0.2, -0.15) is 0 Å². The zero-order chi connectivity index (χ0) is 14.0. The van der Waals surface area contributed by atoms with Crippen LogP contribution in [0, 0.1) is 13.8 Å². The van der Waals surface area contributed by atoms with Crippen LogP contribution in [0.5, 0.6) is 0 Å². The molecular formula is C16H24ClNO. The summed E-state index contributed by atoms with van der Waals surface area (Å²) in [6, 6.07) is 4.54. The molecule has 1 aromatic carbocycles. The molecule has 0 radical (unpaired) electrons. The van der Waals surface area contributed by atoms with Gasteiger partial charge in [0.2, 0.25) is 0 Å². The van der Waals surface area contributed by atoms with Crippen LogP contribution in [0.2, 0.25) is 5.02 Å². The molecule has 1 aliphatic heterocycles. The summed E-state index contributed by atoms with van der Waals surface area (Å²) in [6.45, 7) is 9.43. The van der Waals surface area contributed by atoms with Crippen LogP contribution in [-0.2, 0) is 4.74 Å². The molecule has 1 heterocycles. The summed E-state index contributed by atoms with van der Waals surface area (Å²) in [6.07, 6.45) is 2.92. The highest BCUT2D eigenvalue weighted by Crippen LogP contribution is 2.33. The van der Waals surface area contributed by atoms with Gasteiger partial charge >= 0.3 is 0 Å². The van der Waals surface area contributed by atoms with Crippen molar-refractivity contribution in [2.24, 2.45) is 0 Å². The lowest BCUT2D eigenvalue weighted by Gasteiger charge is -2.27. The predicted molar refractivity (Wildman–Crippen MR) is 80.9 cm³/mol. The van der Waals surface area contributed by atoms with Gasteiger partial charge in [0.05, 0.1) is 18.2 Å². The summed E-state index contributed by atoms with van der Waals surface area (Å²) in [4.78, 5) is 0. The first-order valence-corrected chi connectivity index (χ1v) is 7.56. The first-order valence-electron chi connectivity index (χ1n) is 7.18. The van der Waals surface area contributed by atoms with Crippen molar-refractivity contribution in [3.8, 4) is 0 Å². The lowest BCUT2D eigenvalue weighted by molar-refractivity contribution is 0.0318. The largest absolute Gasteiger partial charge is 0.373 e. The van der Waals surface area contributed by atoms with Gasteiger partial charge in [0.15, 0.2) is 0 Å². The van der Waals surface area contributed by atoms with Crippen LogP contribution >= 0.6 is 11.6 Å². The summed E-state index contributed by atoms with van der Waals surface area (Å²) >= 11 is 6.20. The van der Waals surface area contributed by atoms with E-state index in [1.807, 2.05) is 0 Å². The minimum absolute atomic E-state index is 0.269. The van der Waals surface area contributed by atoms with E-state index in [2.05, 4.69) is 45.1 Å². The van der Waals surface area contributed by atoms with Crippen molar-refractivity contribution in [3.63, 3.8) is 0 Å². The number of nitrogens with one attached hydrogen (secondary N) is 1. The zero-order valence-electron chi connectivity index (χ0n) is 12.3. The maximum absolute atomic E-state index is 6.20. The summed E-state index contributed by atoms with van der Waals surface area (Å²) in [5.74, 6) is 0. The Bertz CT molecular complexity index is 447. The normalized spacial score (nSPS) is 24.7. The molecule has 1 aromatic rings. The third-order valence-electron chi connectivity index (χ3n) is 3.94. The summed E-state index contributed by atoms with van der Waals surface area (Å²) in [5.41, 5.74) is 3.70. The molecule has 0 bridgehead atoms. The van der Waals surface area contributed by atoms with Crippen LogP contribution in [0.4, 0.5) is 0 Å². The van der Waals surface area contributed by atoms with Gasteiger partial charge in [-0.1, -0.05) is 24.6 Å². The molecule has 3 unspecified atom stereocenters. The fourth-order valence-electron chi connectivity index (χ4n) is 2.88. The molecule has 19 heavy (non-hydrogen) atoms. The number of benzene rings is 1. The Morgan fingerprint density at radius 3 is 2.63 bits per heavy atom. The monoisotopic (exact) mass is 281 g/mol. The number of hydrogen-bond acceptors (Lipinski definition) is 2. The van der Waals surface area contributed by atoms with Crippen LogP contribution in [0.3, 0.4) is 0 Å². The SMILES string of the molecule is CCNC(c1cc(C)c(Cl)cc1C)C1CCC(C)O1. The van der Waals surface area contributed by atoms with Crippen molar-refractivity contribution in [1.29, 1.82) is 0 Å². The Labute approximate surface area is 121 Å². The van der Waals surface area contributed by atoms with E-state index >= 15 is 0 Å². The number of ether oxygens (including phenoxy) is 1. The molecule has 0 amide bonds. The van der Waals surface area contributed by atoms with Crippen molar-refractivity contribution in [2.45, 2.75) is 58.8 Å². The second-order valence-electron chi connectivity index (χ2n) is 5.56. The third-order valence-corrected chi connectivity index (χ3v) is 4.35. The van der Waals surface area contributed by atoms with E-state index < -0.39 is 0 Å². The van der Waals surface area contributed by atoms with Crippen LogP contribution in [0.15, 0.2) is 12.1 Å². The topological polar surface area (TPSA) is 21.3 Å². The number of rotatable bonds is 4. The van der Waals surface area contributed by atoms with Crippen molar-refractivity contribution >= 4 is 11.6 Å². The number of halogens is 1. The highest BCUT2D eigenvalue weighted by molar-refractivity contribution is 6.31. The van der Waals surface area contributed by atoms with Crippen LogP contribution in [0.25, 0.3) is 0 Å². The molecule has 0 saturated carbocycles. The Kier molecular flexibility index (Phi) is 4.88. The maximum atomic E-state index is 6.20. The molecule has 106 valence electrons. The molecule has 0 aromatic heterocycles. The fourth-order valence-corrected chi connectivity index (χ4v) is 3.10. The van der Waals surface area contributed by atoms with Crippen LogP contribution in [0.1, 0.15) is 49.4 Å². The molecule has 3 atom stereocenters. The molecule has 0 spiro atoms. The van der Waals surface area contributed by atoms with E-state index in [9.17, 15) is 0 Å². The van der Waals surface area contributed by atoms with Gasteiger partial charge in [0.25, 0.3) is 0 Å². The van der Waals surface area contributed by atoms with Crippen molar-refractivity contribution in [2.75, 3.05) is 6.54 Å². The molecule has 1 saturated heterocycles. The number of hydrogen-bond donors (Lipinski definition) is 1. The molecule has 1 aliphatic rings. The molecule has 1 fully saturated rings. The Hall–Kier alpha value is -0.570. The smallest absolute Gasteiger partial charge is 0.0774 e. The van der Waals surface area contributed by atoms with Gasteiger partial charge in [0, 0.05) is 5.02 Å². The minimum atomic E-state index is 0.269. The Balaban J connectivity index is 2.30. The molecule has 1 N–H and O–H groups in total. The van der Waals surface area contributed by atoms with Gasteiger partial charge in [-0.15, -0.1) is 0 Å². The molecule has 0 aliphatic carbocycles. The van der Waals surface area contributed by atoms with Crippen molar-refractivity contribution in [1.82, 2.24) is 5.32 Å². The predicted octanol–water partition coefficient (Wildman–Crippen LogP) is 4.17. The zero-order valence-corrected chi connectivity index (χ0v) is 13.1. The third kappa shape index (κ3) is 3.31. The lowest BCUT2D eigenvalue weighted by Crippen LogP contribution is -2.32. The number of aryl methyl sites for hydroxylation is 2. The second-order valence-corrected chi connectivity index (χ2v) is 5.96. The van der Waals surface area contributed by atoms with E-state index in [1.165, 1.54) is 11.1 Å². The van der Waals surface area contributed by atoms with Gasteiger partial charge in [-0.05, 0) is 62.9 Å². The molecule has 2 rings (SSSR count). The average Bonchev–Trinajstić information content (AvgIpc) is 2.78. The van der Waals surface area contributed by atoms with Crippen LogP contribution < -0.4 is 5.32 Å². The lowest BCUT2D eigenvalue weighted by atomic mass is 9.93. The first-order chi connectivity index (χ1) is 9.02. The van der Waals surface area contributed by atoms with E-state index in [0.29, 0.717) is 6.10 Å². The van der Waals surface area contributed by atoms with Gasteiger partial charge < -0.3 is 10.1 Å². The van der Waals surface area contributed by atoms with Crippen molar-refractivity contribution < 1.29 is 4.74 Å². The first kappa shape index (κ1) is 14.8. The average molecular weight is 282 g/mol. The molecule has 3 heteroatoms. The van der Waals surface area contributed by atoms with Crippen LogP contribution in [-0.4, -0.2) is 18.8 Å². The molecular weight excluding hydrogens is 258 g/mol. The Morgan fingerprint density at radius 1 is 1.32 bits per heavy atom. The summed E-state index contributed by atoms with van der Waals surface area (Å²) < 4.78 is 6.06. The van der Waals surface area contributed by atoms with E-state index in [-0.39, 0.29) is 12.1 Å². The van der Waals surface area contributed by atoms with E-state index in [0.717, 1.165) is 30.0 Å². The van der Waals surface area contributed by atoms with E-state index in [4.69, 9.17) is 16.3 Å². The summed E-state index contributed by atoms with van der Waals surface area (Å²) in [7, 11) is 0. The van der Waals surface area contributed by atoms with Crippen molar-refractivity contribution in [3.05, 3.63) is 33.8 Å². The Morgan fingerprint density at radius 2 is 2.05 bits per heavy atom. The van der Waals surface area contributed by atoms with Gasteiger partial charge in [0.1, 0.15) is 0 Å². The highest BCUT2D eigenvalue weighted by atomic mass is 35.5. The minimum Gasteiger partial charge on any atom is -0.373 e. The number of likely N-dealkylation sites (N-methyl/N-ethyl adjacent to an activating group) is 1. The van der Waals surface area contributed by atoms with E-state index in [1.54, 1.807) is 0 Å². The second kappa shape index (κ2) is 6.25. The summed E-state index contributed by atoms with van der Waals surface area (Å²) in [5, 5.41) is 4.43. The van der Waals surface area contributed by atoms with Gasteiger partial charge in [-0.3, -0.25) is 0 Å². The molecule has 2 nitrogen and oxygen atoms in total. The fraction of sp³-hybridized carbons (Fsp3) is 0.625. The highest BCUT2D eigenvalue weighted by Gasteiger charge is 2.31. The standard InChI is InChI=1S/C16H24ClNO/c1-5-18-16(15-7-6-12(4)19-15)13-8-11(3)14(17)9-10(13)2/h8-9,12,15-16,18H,5-7H2,1-4H3. The maximum Gasteiger partial charge on any atom is 0.0774 e. The van der Waals surface area contributed by atoms with Gasteiger partial charge in [-0.25, -0.2) is 0 Å². The quantitative estimate of drug-likeness (QED) is 0.894.